The minimum Gasteiger partial charge on any atom is -0.456 e. The van der Waals surface area contributed by atoms with Crippen LogP contribution in [0.25, 0.3) is 127 Å². The van der Waals surface area contributed by atoms with E-state index in [1.54, 1.807) is 0 Å². The lowest BCUT2D eigenvalue weighted by atomic mass is 10.1. The van der Waals surface area contributed by atoms with Crippen LogP contribution in [-0.2, 0) is 0 Å². The Bertz CT molecular complexity index is 4100. The van der Waals surface area contributed by atoms with Crippen LogP contribution in [0.4, 0.5) is 0 Å². The van der Waals surface area contributed by atoms with Crippen LogP contribution in [0.1, 0.15) is 0 Å². The Labute approximate surface area is 365 Å². The van der Waals surface area contributed by atoms with Crippen LogP contribution in [0.3, 0.4) is 0 Å². The van der Waals surface area contributed by atoms with E-state index >= 15 is 0 Å². The van der Waals surface area contributed by atoms with E-state index in [0.717, 1.165) is 88.3 Å². The van der Waals surface area contributed by atoms with E-state index in [-0.39, 0.29) is 0 Å². The fraction of sp³-hybridized carbons (Fsp3) is 0. The third-order valence-corrected chi connectivity index (χ3v) is 12.9. The molecule has 9 aromatic carbocycles. The Kier molecular flexibility index (Phi) is 7.27. The Morgan fingerprint density at radius 3 is 1.47 bits per heavy atom. The lowest BCUT2D eigenvalue weighted by Crippen LogP contribution is -2.08. The summed E-state index contributed by atoms with van der Waals surface area (Å²) in [6.07, 6.45) is 0. The lowest BCUT2D eigenvalue weighted by Gasteiger charge is -2.15. The number of furan rings is 1. The van der Waals surface area contributed by atoms with Gasteiger partial charge in [-0.15, -0.1) is 0 Å². The molecule has 7 nitrogen and oxygen atoms in total. The van der Waals surface area contributed by atoms with Gasteiger partial charge in [0.1, 0.15) is 11.2 Å². The fourth-order valence-electron chi connectivity index (χ4n) is 10.3. The Balaban J connectivity index is 1.16. The summed E-state index contributed by atoms with van der Waals surface area (Å²) in [4.78, 5) is 16.2. The van der Waals surface area contributed by atoms with Crippen molar-refractivity contribution in [2.45, 2.75) is 0 Å². The zero-order valence-electron chi connectivity index (χ0n) is 34.2. The van der Waals surface area contributed by atoms with Gasteiger partial charge in [0, 0.05) is 54.2 Å². The van der Waals surface area contributed by atoms with Crippen LogP contribution in [0.5, 0.6) is 0 Å². The molecule has 14 rings (SSSR count). The van der Waals surface area contributed by atoms with Crippen LogP contribution in [0.15, 0.2) is 211 Å². The van der Waals surface area contributed by atoms with E-state index in [0.29, 0.717) is 17.6 Å². The van der Waals surface area contributed by atoms with Crippen molar-refractivity contribution in [1.82, 2.24) is 28.7 Å². The van der Waals surface area contributed by atoms with Gasteiger partial charge in [0.2, 0.25) is 5.95 Å². The standard InChI is InChI=1S/C57H34N6O/c1-2-17-35(18-3-1)55-58-56(42-25-15-34-51-52(42)40-23-8-13-33-50(40)64-51)60-57(59-55)63-48-31-16-30-47(61-43-26-9-4-19-36(43)37-20-5-10-27-44(37)61)53(48)41-24-14-32-49(54(41)63)62-45-28-11-6-21-38(45)39-22-7-12-29-46(39)62/h1-34H. The van der Waals surface area contributed by atoms with Gasteiger partial charge in [-0.2, -0.15) is 9.97 Å². The van der Waals surface area contributed by atoms with E-state index in [1.165, 1.54) is 21.5 Å². The molecule has 0 radical (unpaired) electrons. The molecular weight excluding hydrogens is 785 g/mol. The maximum atomic E-state index is 6.40. The SMILES string of the molecule is c1ccc(-c2nc(-c3cccc4oc5ccccc5c34)nc(-n3c4cccc(-n5c6ccccc6c6ccccc65)c4c4cccc(-n5c6ccccc6c6ccccc65)c43)n2)cc1. The first-order valence-corrected chi connectivity index (χ1v) is 21.5. The van der Waals surface area contributed by atoms with Crippen LogP contribution in [0, 0.1) is 0 Å². The highest BCUT2D eigenvalue weighted by Crippen LogP contribution is 2.44. The smallest absolute Gasteiger partial charge is 0.238 e. The molecule has 5 heterocycles. The second-order valence-electron chi connectivity index (χ2n) is 16.3. The molecule has 0 aliphatic carbocycles. The molecule has 7 heteroatoms. The van der Waals surface area contributed by atoms with Gasteiger partial charge < -0.3 is 13.6 Å². The molecule has 14 aromatic rings. The van der Waals surface area contributed by atoms with Gasteiger partial charge in [-0.05, 0) is 54.6 Å². The average Bonchev–Trinajstić information content (AvgIpc) is 4.11. The summed E-state index contributed by atoms with van der Waals surface area (Å²) in [6.45, 7) is 0. The van der Waals surface area contributed by atoms with Crippen molar-refractivity contribution in [3.05, 3.63) is 206 Å². The number of hydrogen-bond acceptors (Lipinski definition) is 4. The first kappa shape index (κ1) is 34.9. The third-order valence-electron chi connectivity index (χ3n) is 12.9. The zero-order chi connectivity index (χ0) is 41.9. The summed E-state index contributed by atoms with van der Waals surface area (Å²) in [5.74, 6) is 1.65. The van der Waals surface area contributed by atoms with Crippen LogP contribution in [-0.4, -0.2) is 28.7 Å². The molecule has 0 unspecified atom stereocenters. The molecule has 5 aromatic heterocycles. The van der Waals surface area contributed by atoms with E-state index in [1.807, 2.05) is 48.5 Å². The van der Waals surface area contributed by atoms with Crippen molar-refractivity contribution in [2.75, 3.05) is 0 Å². The van der Waals surface area contributed by atoms with Crippen LogP contribution < -0.4 is 0 Å². The highest BCUT2D eigenvalue weighted by atomic mass is 16.3. The molecule has 0 saturated carbocycles. The minimum absolute atomic E-state index is 0.515. The summed E-state index contributed by atoms with van der Waals surface area (Å²) < 4.78 is 13.5. The van der Waals surface area contributed by atoms with Gasteiger partial charge in [0.15, 0.2) is 11.6 Å². The van der Waals surface area contributed by atoms with Crippen molar-refractivity contribution in [3.63, 3.8) is 0 Å². The monoisotopic (exact) mass is 818 g/mol. The molecule has 0 aliphatic rings. The molecule has 0 spiro atoms. The summed E-state index contributed by atoms with van der Waals surface area (Å²) >= 11 is 0. The quantitative estimate of drug-likeness (QED) is 0.173. The summed E-state index contributed by atoms with van der Waals surface area (Å²) in [7, 11) is 0. The highest BCUT2D eigenvalue weighted by Gasteiger charge is 2.26. The fourth-order valence-corrected chi connectivity index (χ4v) is 10.3. The number of para-hydroxylation sites is 6. The molecule has 0 N–H and O–H groups in total. The molecule has 0 aliphatic heterocycles. The van der Waals surface area contributed by atoms with Crippen molar-refractivity contribution < 1.29 is 4.42 Å². The van der Waals surface area contributed by atoms with Gasteiger partial charge in [-0.25, -0.2) is 4.98 Å². The molecule has 0 bridgehead atoms. The Morgan fingerprint density at radius 1 is 0.312 bits per heavy atom. The van der Waals surface area contributed by atoms with Gasteiger partial charge >= 0.3 is 0 Å². The van der Waals surface area contributed by atoms with Crippen molar-refractivity contribution in [3.8, 4) is 40.1 Å². The van der Waals surface area contributed by atoms with Gasteiger partial charge in [-0.1, -0.05) is 152 Å². The van der Waals surface area contributed by atoms with Crippen molar-refractivity contribution >= 4 is 87.4 Å². The highest BCUT2D eigenvalue weighted by molar-refractivity contribution is 6.19. The number of fused-ring (bicyclic) bond motifs is 12. The topological polar surface area (TPSA) is 66.6 Å². The van der Waals surface area contributed by atoms with Crippen LogP contribution >= 0.6 is 0 Å². The summed E-state index contributed by atoms with van der Waals surface area (Å²) in [5, 5.41) is 8.96. The molecule has 0 amide bonds. The maximum absolute atomic E-state index is 6.40. The second kappa shape index (κ2) is 13.3. The predicted molar refractivity (Wildman–Crippen MR) is 261 cm³/mol. The van der Waals surface area contributed by atoms with E-state index in [9.17, 15) is 0 Å². The van der Waals surface area contributed by atoms with E-state index in [2.05, 4.69) is 171 Å². The van der Waals surface area contributed by atoms with Gasteiger partial charge in [0.05, 0.1) is 44.5 Å². The largest absolute Gasteiger partial charge is 0.456 e. The first-order valence-electron chi connectivity index (χ1n) is 21.5. The molecule has 298 valence electrons. The first-order chi connectivity index (χ1) is 31.8. The number of nitrogens with zero attached hydrogens (tertiary/aromatic N) is 6. The average molecular weight is 819 g/mol. The molecule has 0 atom stereocenters. The second-order valence-corrected chi connectivity index (χ2v) is 16.3. The summed E-state index contributed by atoms with van der Waals surface area (Å²) in [6, 6.07) is 72.5. The normalized spacial score (nSPS) is 12.1. The molecule has 0 fully saturated rings. The van der Waals surface area contributed by atoms with E-state index in [4.69, 9.17) is 19.4 Å². The Morgan fingerprint density at radius 2 is 0.797 bits per heavy atom. The van der Waals surface area contributed by atoms with Crippen LogP contribution in [0.2, 0.25) is 0 Å². The Hall–Kier alpha value is -8.81. The maximum Gasteiger partial charge on any atom is 0.238 e. The van der Waals surface area contributed by atoms with Gasteiger partial charge in [0.25, 0.3) is 0 Å². The zero-order valence-corrected chi connectivity index (χ0v) is 34.2. The van der Waals surface area contributed by atoms with E-state index < -0.39 is 0 Å². The molecule has 0 saturated heterocycles. The summed E-state index contributed by atoms with van der Waals surface area (Å²) in [5.41, 5.74) is 12.0. The lowest BCUT2D eigenvalue weighted by molar-refractivity contribution is 0.669. The number of benzene rings is 9. The number of hydrogen-bond donors (Lipinski definition) is 0. The predicted octanol–water partition coefficient (Wildman–Crippen LogP) is 14.4. The van der Waals surface area contributed by atoms with Crippen molar-refractivity contribution in [1.29, 1.82) is 0 Å². The third kappa shape index (κ3) is 4.89. The number of aromatic nitrogens is 6. The minimum atomic E-state index is 0.515. The van der Waals surface area contributed by atoms with Gasteiger partial charge in [-0.3, -0.25) is 4.57 Å². The molecular formula is C57H34N6O. The molecule has 64 heavy (non-hydrogen) atoms. The number of rotatable bonds is 5. The van der Waals surface area contributed by atoms with Crippen molar-refractivity contribution in [2.24, 2.45) is 0 Å².